The van der Waals surface area contributed by atoms with Gasteiger partial charge in [0.05, 0.1) is 6.54 Å². The number of aliphatic hydroxyl groups excluding tert-OH is 1. The van der Waals surface area contributed by atoms with Crippen LogP contribution in [0.1, 0.15) is 22.0 Å². The maximum Gasteiger partial charge on any atom is 0.307 e. The van der Waals surface area contributed by atoms with Crippen LogP contribution in [0.3, 0.4) is 0 Å². The zero-order chi connectivity index (χ0) is 14.0. The Kier molecular flexibility index (Phi) is 5.67. The molecule has 0 saturated carbocycles. The predicted octanol–water partition coefficient (Wildman–Crippen LogP) is 0.904. The molecule has 6 nitrogen and oxygen atoms in total. The fourth-order valence-electron chi connectivity index (χ4n) is 1.84. The van der Waals surface area contributed by atoms with Gasteiger partial charge < -0.3 is 10.8 Å². The maximum absolute atomic E-state index is 11.9. The fraction of sp³-hybridized carbons (Fsp3) is 0.417. The van der Waals surface area contributed by atoms with Crippen LogP contribution < -0.4 is 10.6 Å². The molecule has 0 aliphatic rings. The van der Waals surface area contributed by atoms with Gasteiger partial charge in [-0.1, -0.05) is 11.3 Å². The van der Waals surface area contributed by atoms with E-state index in [0.29, 0.717) is 24.6 Å². The van der Waals surface area contributed by atoms with Crippen molar-refractivity contribution in [1.29, 1.82) is 0 Å². The van der Waals surface area contributed by atoms with E-state index in [1.807, 2.05) is 6.92 Å². The first kappa shape index (κ1) is 16.6. The highest BCUT2D eigenvalue weighted by Crippen LogP contribution is 2.15. The summed E-state index contributed by atoms with van der Waals surface area (Å²) in [4.78, 5) is 21.0. The minimum absolute atomic E-state index is 0. The number of halogens is 1. The van der Waals surface area contributed by atoms with Gasteiger partial charge >= 0.3 is 4.87 Å². The second-order valence-corrected chi connectivity index (χ2v) is 5.31. The molecular formula is C12H17ClN4O2S. The second-order valence-electron chi connectivity index (χ2n) is 4.26. The maximum atomic E-state index is 11.9. The number of aryl methyl sites for hydroxylation is 1. The number of nitrogen functional groups attached to an aromatic ring is 1. The van der Waals surface area contributed by atoms with Gasteiger partial charge in [-0.15, -0.1) is 12.4 Å². The van der Waals surface area contributed by atoms with Crippen LogP contribution in [0.2, 0.25) is 0 Å². The van der Waals surface area contributed by atoms with Gasteiger partial charge in [0.1, 0.15) is 11.6 Å². The molecule has 20 heavy (non-hydrogen) atoms. The molecule has 0 saturated heterocycles. The second kappa shape index (κ2) is 6.83. The van der Waals surface area contributed by atoms with Crippen molar-refractivity contribution in [2.75, 3.05) is 12.3 Å². The molecule has 0 aromatic carbocycles. The first-order chi connectivity index (χ1) is 9.02. The summed E-state index contributed by atoms with van der Waals surface area (Å²) in [6.45, 7) is 4.03. The third-order valence-corrected chi connectivity index (χ3v) is 4.07. The van der Waals surface area contributed by atoms with Crippen molar-refractivity contribution in [3.8, 4) is 0 Å². The number of hydrogen-bond acceptors (Lipinski definition) is 6. The minimum atomic E-state index is -0.0547. The van der Waals surface area contributed by atoms with Crippen LogP contribution in [0.25, 0.3) is 0 Å². The van der Waals surface area contributed by atoms with E-state index in [0.717, 1.165) is 27.5 Å². The molecular weight excluding hydrogens is 300 g/mol. The highest BCUT2D eigenvalue weighted by atomic mass is 35.5. The SMILES string of the molecule is Cc1ncc(Cn2c(C)c(CCO)sc2=O)c(N)n1.Cl. The summed E-state index contributed by atoms with van der Waals surface area (Å²) in [6, 6.07) is 0. The Bertz CT molecular complexity index is 653. The molecule has 0 aliphatic heterocycles. The number of nitrogens with zero attached hydrogens (tertiary/aromatic N) is 3. The first-order valence-electron chi connectivity index (χ1n) is 5.91. The minimum Gasteiger partial charge on any atom is -0.396 e. The lowest BCUT2D eigenvalue weighted by Crippen LogP contribution is -2.17. The molecule has 3 N–H and O–H groups in total. The predicted molar refractivity (Wildman–Crippen MR) is 81.6 cm³/mol. The van der Waals surface area contributed by atoms with Crippen LogP contribution in [-0.2, 0) is 13.0 Å². The number of anilines is 1. The van der Waals surface area contributed by atoms with E-state index in [9.17, 15) is 4.79 Å². The number of nitrogens with two attached hydrogens (primary N) is 1. The summed E-state index contributed by atoms with van der Waals surface area (Å²) in [7, 11) is 0. The van der Waals surface area contributed by atoms with Crippen molar-refractivity contribution >= 4 is 29.6 Å². The van der Waals surface area contributed by atoms with Gasteiger partial charge in [0.2, 0.25) is 0 Å². The molecule has 0 unspecified atom stereocenters. The van der Waals surface area contributed by atoms with E-state index in [4.69, 9.17) is 10.8 Å². The van der Waals surface area contributed by atoms with Gasteiger partial charge in [-0.05, 0) is 13.8 Å². The summed E-state index contributed by atoms with van der Waals surface area (Å²) >= 11 is 1.16. The Balaban J connectivity index is 0.00000200. The Labute approximate surface area is 126 Å². The number of rotatable bonds is 4. The van der Waals surface area contributed by atoms with Crippen LogP contribution in [0.4, 0.5) is 5.82 Å². The third-order valence-electron chi connectivity index (χ3n) is 2.93. The molecule has 0 bridgehead atoms. The van der Waals surface area contributed by atoms with Crippen molar-refractivity contribution in [2.45, 2.75) is 26.8 Å². The summed E-state index contributed by atoms with van der Waals surface area (Å²) in [6.07, 6.45) is 2.14. The Morgan fingerprint density at radius 2 is 2.15 bits per heavy atom. The van der Waals surface area contributed by atoms with Gasteiger partial charge in [0, 0.05) is 35.4 Å². The smallest absolute Gasteiger partial charge is 0.307 e. The van der Waals surface area contributed by atoms with Gasteiger partial charge in [-0.2, -0.15) is 0 Å². The monoisotopic (exact) mass is 316 g/mol. The molecule has 2 aromatic rings. The Morgan fingerprint density at radius 3 is 2.75 bits per heavy atom. The number of aliphatic hydroxyl groups is 1. The molecule has 0 atom stereocenters. The quantitative estimate of drug-likeness (QED) is 0.874. The Morgan fingerprint density at radius 1 is 1.45 bits per heavy atom. The molecule has 0 amide bonds. The van der Waals surface area contributed by atoms with Crippen LogP contribution >= 0.6 is 23.7 Å². The van der Waals surface area contributed by atoms with Crippen molar-refractivity contribution in [2.24, 2.45) is 0 Å². The van der Waals surface area contributed by atoms with E-state index in [2.05, 4.69) is 9.97 Å². The number of thiazole rings is 1. The fourth-order valence-corrected chi connectivity index (χ4v) is 2.82. The highest BCUT2D eigenvalue weighted by Gasteiger charge is 2.12. The van der Waals surface area contributed by atoms with Crippen LogP contribution in [0.5, 0.6) is 0 Å². The zero-order valence-corrected chi connectivity index (χ0v) is 12.9. The molecule has 110 valence electrons. The molecule has 0 radical (unpaired) electrons. The molecule has 8 heteroatoms. The average molecular weight is 317 g/mol. The average Bonchev–Trinajstić information content (AvgIpc) is 2.60. The van der Waals surface area contributed by atoms with Crippen molar-refractivity contribution in [1.82, 2.24) is 14.5 Å². The molecule has 2 aromatic heterocycles. The highest BCUT2D eigenvalue weighted by molar-refractivity contribution is 7.09. The summed E-state index contributed by atoms with van der Waals surface area (Å²) in [5.41, 5.74) is 7.42. The number of hydrogen-bond donors (Lipinski definition) is 2. The molecule has 0 spiro atoms. The van der Waals surface area contributed by atoms with E-state index in [1.165, 1.54) is 0 Å². The zero-order valence-electron chi connectivity index (χ0n) is 11.3. The van der Waals surface area contributed by atoms with E-state index in [-0.39, 0.29) is 23.9 Å². The van der Waals surface area contributed by atoms with Crippen LogP contribution in [-0.4, -0.2) is 26.2 Å². The lowest BCUT2D eigenvalue weighted by atomic mass is 10.2. The molecule has 2 heterocycles. The number of aromatic nitrogens is 3. The Hall–Kier alpha value is -1.44. The lowest BCUT2D eigenvalue weighted by molar-refractivity contribution is 0.300. The van der Waals surface area contributed by atoms with E-state index in [1.54, 1.807) is 17.7 Å². The van der Waals surface area contributed by atoms with Gasteiger partial charge in [-0.25, -0.2) is 9.97 Å². The van der Waals surface area contributed by atoms with E-state index >= 15 is 0 Å². The van der Waals surface area contributed by atoms with Gasteiger partial charge in [-0.3, -0.25) is 9.36 Å². The van der Waals surface area contributed by atoms with Crippen molar-refractivity contribution < 1.29 is 5.11 Å². The standard InChI is InChI=1S/C12H16N4O2S.ClH/c1-7-10(3-4-17)19-12(18)16(7)6-9-5-14-8(2)15-11(9)13;/h5,17H,3-4,6H2,1-2H3,(H2,13,14,15);1H. The lowest BCUT2D eigenvalue weighted by Gasteiger charge is -2.08. The molecule has 2 rings (SSSR count). The van der Waals surface area contributed by atoms with Crippen LogP contribution in [0, 0.1) is 13.8 Å². The largest absolute Gasteiger partial charge is 0.396 e. The first-order valence-corrected chi connectivity index (χ1v) is 6.72. The van der Waals surface area contributed by atoms with Crippen molar-refractivity contribution in [3.63, 3.8) is 0 Å². The van der Waals surface area contributed by atoms with Gasteiger partial charge in [0.25, 0.3) is 0 Å². The molecule has 0 aliphatic carbocycles. The summed E-state index contributed by atoms with van der Waals surface area (Å²) in [5, 5.41) is 8.96. The molecule has 0 fully saturated rings. The third kappa shape index (κ3) is 3.36. The summed E-state index contributed by atoms with van der Waals surface area (Å²) < 4.78 is 1.64. The van der Waals surface area contributed by atoms with Crippen LogP contribution in [0.15, 0.2) is 11.0 Å². The van der Waals surface area contributed by atoms with Gasteiger partial charge in [0.15, 0.2) is 0 Å². The summed E-state index contributed by atoms with van der Waals surface area (Å²) in [5.74, 6) is 1.00. The van der Waals surface area contributed by atoms with E-state index < -0.39 is 0 Å². The topological polar surface area (TPSA) is 94.0 Å². The normalized spacial score (nSPS) is 10.3. The van der Waals surface area contributed by atoms with Crippen molar-refractivity contribution in [3.05, 3.63) is 37.8 Å².